The Kier molecular flexibility index (Phi) is 16.0. The number of ether oxygens (including phenoxy) is 2. The van der Waals surface area contributed by atoms with E-state index in [-0.39, 0.29) is 6.42 Å². The average Bonchev–Trinajstić information content (AvgIpc) is 2.86. The summed E-state index contributed by atoms with van der Waals surface area (Å²) in [6, 6.07) is 8.36. The normalized spacial score (nSPS) is 16.3. The molecule has 0 spiro atoms. The van der Waals surface area contributed by atoms with Gasteiger partial charge in [-0.3, -0.25) is 9.79 Å². The van der Waals surface area contributed by atoms with E-state index in [2.05, 4.69) is 39.6 Å². The smallest absolute Gasteiger partial charge is 0.307 e. The Morgan fingerprint density at radius 1 is 1.23 bits per heavy atom. The van der Waals surface area contributed by atoms with Gasteiger partial charge in [-0.1, -0.05) is 50.3 Å². The largest absolute Gasteiger partial charge is 0.481 e. The molecule has 1 fully saturated rings. The summed E-state index contributed by atoms with van der Waals surface area (Å²) in [6.45, 7) is 11.1. The van der Waals surface area contributed by atoms with E-state index in [0.29, 0.717) is 24.9 Å². The molecular weight excluding hydrogens is 460 g/mol. The molecule has 2 rings (SSSR count). The van der Waals surface area contributed by atoms with Crippen LogP contribution < -0.4 is 0 Å². The number of hydrogen-bond donors (Lipinski definition) is 1. The van der Waals surface area contributed by atoms with Gasteiger partial charge in [0.25, 0.3) is 0 Å². The fraction of sp³-hybridized carbons (Fsp3) is 0.500. The third-order valence-corrected chi connectivity index (χ3v) is 6.49. The summed E-state index contributed by atoms with van der Waals surface area (Å²) in [6.07, 6.45) is 10.0. The summed E-state index contributed by atoms with van der Waals surface area (Å²) in [5.41, 5.74) is 3.77. The highest BCUT2D eigenvalue weighted by atomic mass is 32.2. The molecule has 7 heteroatoms. The first-order valence-electron chi connectivity index (χ1n) is 12.3. The SMILES string of the molecule is CC.C\C=C/C(=C\C(C)=C(\C=NC)CC(=O)O)c1ccccc1SN1CCC(OCCOC)CC1. The minimum absolute atomic E-state index is 0.0550. The lowest BCUT2D eigenvalue weighted by Gasteiger charge is -2.31. The van der Waals surface area contributed by atoms with Crippen LogP contribution in [-0.2, 0) is 14.3 Å². The van der Waals surface area contributed by atoms with Crippen LogP contribution in [0, 0.1) is 0 Å². The number of methoxy groups -OCH3 is 1. The molecule has 0 unspecified atom stereocenters. The van der Waals surface area contributed by atoms with E-state index >= 15 is 0 Å². The van der Waals surface area contributed by atoms with Crippen LogP contribution in [0.5, 0.6) is 0 Å². The van der Waals surface area contributed by atoms with Crippen LogP contribution in [0.2, 0.25) is 0 Å². The molecule has 0 amide bonds. The molecule has 1 N–H and O–H groups in total. The van der Waals surface area contributed by atoms with Crippen molar-refractivity contribution in [3.63, 3.8) is 0 Å². The summed E-state index contributed by atoms with van der Waals surface area (Å²) >= 11 is 1.77. The second-order valence-electron chi connectivity index (χ2n) is 7.85. The molecule has 0 radical (unpaired) electrons. The summed E-state index contributed by atoms with van der Waals surface area (Å²) in [5.74, 6) is -0.865. The number of aliphatic imine (C=N–C) groups is 1. The van der Waals surface area contributed by atoms with Crippen LogP contribution in [0.3, 0.4) is 0 Å². The van der Waals surface area contributed by atoms with Gasteiger partial charge in [0.05, 0.1) is 25.7 Å². The van der Waals surface area contributed by atoms with Crippen LogP contribution in [0.4, 0.5) is 0 Å². The van der Waals surface area contributed by atoms with Crippen LogP contribution in [0.25, 0.3) is 5.57 Å². The predicted octanol–water partition coefficient (Wildman–Crippen LogP) is 6.30. The van der Waals surface area contributed by atoms with Gasteiger partial charge in [-0.05, 0) is 67.0 Å². The van der Waals surface area contributed by atoms with Gasteiger partial charge in [0.15, 0.2) is 0 Å². The molecular formula is C28H42N2O4S. The molecule has 0 bridgehead atoms. The molecule has 35 heavy (non-hydrogen) atoms. The maximum Gasteiger partial charge on any atom is 0.307 e. The maximum absolute atomic E-state index is 11.3. The Morgan fingerprint density at radius 2 is 1.91 bits per heavy atom. The van der Waals surface area contributed by atoms with Crippen molar-refractivity contribution in [2.45, 2.75) is 58.0 Å². The highest BCUT2D eigenvalue weighted by Crippen LogP contribution is 2.34. The highest BCUT2D eigenvalue weighted by Gasteiger charge is 2.21. The van der Waals surface area contributed by atoms with Crippen molar-refractivity contribution in [3.8, 4) is 0 Å². The number of piperidine rings is 1. The Balaban J connectivity index is 0.00000298. The molecule has 0 aromatic heterocycles. The van der Waals surface area contributed by atoms with Crippen molar-refractivity contribution in [2.75, 3.05) is 40.5 Å². The number of carboxylic acids is 1. The molecule has 1 aliphatic heterocycles. The number of benzene rings is 1. The van der Waals surface area contributed by atoms with Gasteiger partial charge in [0.1, 0.15) is 0 Å². The Bertz CT molecular complexity index is 885. The van der Waals surface area contributed by atoms with Gasteiger partial charge in [0, 0.05) is 38.4 Å². The van der Waals surface area contributed by atoms with Gasteiger partial charge in [-0.15, -0.1) is 0 Å². The standard InChI is InChI=1S/C26H36N2O4S.C2H6/c1-5-8-21(17-20(2)22(19-27-3)18-26(29)30)24-9-6-7-10-25(24)33-28-13-11-23(12-14-28)32-16-15-31-4;1-2/h5-10,17,19,23H,11-16,18H2,1-4H3,(H,29,30);1-2H3/b8-5-,21-17+,22-20+,27-19?;. The summed E-state index contributed by atoms with van der Waals surface area (Å²) < 4.78 is 13.4. The monoisotopic (exact) mass is 502 g/mol. The molecule has 6 nitrogen and oxygen atoms in total. The van der Waals surface area contributed by atoms with Gasteiger partial charge >= 0.3 is 5.97 Å². The third-order valence-electron chi connectivity index (χ3n) is 5.32. The number of allylic oxidation sites excluding steroid dienone is 5. The average molecular weight is 503 g/mol. The first-order chi connectivity index (χ1) is 17.0. The molecule has 1 aromatic carbocycles. The summed E-state index contributed by atoms with van der Waals surface area (Å²) in [5, 5.41) is 9.26. The molecule has 1 saturated heterocycles. The van der Waals surface area contributed by atoms with Crippen molar-refractivity contribution < 1.29 is 19.4 Å². The number of nitrogens with zero attached hydrogens (tertiary/aromatic N) is 2. The van der Waals surface area contributed by atoms with Gasteiger partial charge < -0.3 is 14.6 Å². The topological polar surface area (TPSA) is 71.4 Å². The summed E-state index contributed by atoms with van der Waals surface area (Å²) in [4.78, 5) is 16.5. The zero-order chi connectivity index (χ0) is 26.1. The molecule has 194 valence electrons. The minimum atomic E-state index is -0.865. The molecule has 0 saturated carbocycles. The van der Waals surface area contributed by atoms with Gasteiger partial charge in [0.2, 0.25) is 0 Å². The van der Waals surface area contributed by atoms with Gasteiger partial charge in [-0.2, -0.15) is 0 Å². The van der Waals surface area contributed by atoms with Crippen LogP contribution in [-0.4, -0.2) is 68.2 Å². The lowest BCUT2D eigenvalue weighted by Crippen LogP contribution is -2.33. The molecule has 1 aliphatic rings. The zero-order valence-corrected chi connectivity index (χ0v) is 22.9. The molecule has 0 aliphatic carbocycles. The van der Waals surface area contributed by atoms with E-state index in [1.165, 1.54) is 4.90 Å². The van der Waals surface area contributed by atoms with Gasteiger partial charge in [-0.25, -0.2) is 4.31 Å². The molecule has 0 atom stereocenters. The number of aliphatic carboxylic acids is 1. The van der Waals surface area contributed by atoms with E-state index in [4.69, 9.17) is 9.47 Å². The van der Waals surface area contributed by atoms with Crippen molar-refractivity contribution >= 4 is 29.7 Å². The number of carboxylic acid groups (broad SMARTS) is 1. The zero-order valence-electron chi connectivity index (χ0n) is 22.1. The molecule has 1 heterocycles. The first kappa shape index (κ1) is 30.8. The van der Waals surface area contributed by atoms with Crippen LogP contribution >= 0.6 is 11.9 Å². The Labute approximate surface area is 215 Å². The first-order valence-corrected chi connectivity index (χ1v) is 13.1. The van der Waals surface area contributed by atoms with Crippen LogP contribution in [0.1, 0.15) is 52.5 Å². The highest BCUT2D eigenvalue weighted by molar-refractivity contribution is 7.97. The van der Waals surface area contributed by atoms with E-state index in [0.717, 1.165) is 42.6 Å². The Hall–Kier alpha value is -2.19. The quantitative estimate of drug-likeness (QED) is 0.157. The lowest BCUT2D eigenvalue weighted by molar-refractivity contribution is -0.136. The number of rotatable bonds is 12. The van der Waals surface area contributed by atoms with Crippen molar-refractivity contribution in [1.29, 1.82) is 0 Å². The van der Waals surface area contributed by atoms with Crippen LogP contribution in [0.15, 0.2) is 63.5 Å². The summed E-state index contributed by atoms with van der Waals surface area (Å²) in [7, 11) is 3.35. The van der Waals surface area contributed by atoms with Crippen molar-refractivity contribution in [2.24, 2.45) is 4.99 Å². The number of hydrogen-bond acceptors (Lipinski definition) is 6. The minimum Gasteiger partial charge on any atom is -0.481 e. The van der Waals surface area contributed by atoms with E-state index in [1.807, 2.05) is 39.8 Å². The van der Waals surface area contributed by atoms with Crippen molar-refractivity contribution in [3.05, 3.63) is 59.2 Å². The maximum atomic E-state index is 11.3. The molecule has 1 aromatic rings. The van der Waals surface area contributed by atoms with E-state index in [1.54, 1.807) is 32.3 Å². The predicted molar refractivity (Wildman–Crippen MR) is 148 cm³/mol. The van der Waals surface area contributed by atoms with E-state index < -0.39 is 5.97 Å². The van der Waals surface area contributed by atoms with E-state index in [9.17, 15) is 9.90 Å². The Morgan fingerprint density at radius 3 is 2.51 bits per heavy atom. The lowest BCUT2D eigenvalue weighted by atomic mass is 9.99. The number of carbonyl (C=O) groups is 1. The second kappa shape index (κ2) is 18.1. The fourth-order valence-corrected chi connectivity index (χ4v) is 4.73. The fourth-order valence-electron chi connectivity index (χ4n) is 3.64. The second-order valence-corrected chi connectivity index (χ2v) is 8.98. The van der Waals surface area contributed by atoms with Crippen molar-refractivity contribution in [1.82, 2.24) is 4.31 Å². The third kappa shape index (κ3) is 11.4.